The number of nitrogens with two attached hydrogens (primary N) is 1. The summed E-state index contributed by atoms with van der Waals surface area (Å²) in [5.74, 6) is 1.62. The summed E-state index contributed by atoms with van der Waals surface area (Å²) in [6.07, 6.45) is 3.06. The second-order valence-corrected chi connectivity index (χ2v) is 3.81. The van der Waals surface area contributed by atoms with E-state index in [1.54, 1.807) is 12.3 Å². The van der Waals surface area contributed by atoms with Crippen LogP contribution in [0, 0.1) is 5.92 Å². The van der Waals surface area contributed by atoms with Crippen molar-refractivity contribution in [2.75, 3.05) is 24.2 Å². The van der Waals surface area contributed by atoms with Crippen LogP contribution in [-0.4, -0.2) is 29.2 Å². The number of ether oxygens (including phenoxy) is 1. The van der Waals surface area contributed by atoms with Gasteiger partial charge in [-0.3, -0.25) is 0 Å². The van der Waals surface area contributed by atoms with Gasteiger partial charge in [0.15, 0.2) is 0 Å². The molecule has 3 N–H and O–H groups in total. The summed E-state index contributed by atoms with van der Waals surface area (Å²) in [6.45, 7) is 3.79. The average Bonchev–Trinajstić information content (AvgIpc) is 2.61. The van der Waals surface area contributed by atoms with Crippen LogP contribution in [0.3, 0.4) is 0 Å². The molecule has 5 heteroatoms. The first-order chi connectivity index (χ1) is 7.25. The van der Waals surface area contributed by atoms with Crippen LogP contribution in [0.1, 0.15) is 13.3 Å². The van der Waals surface area contributed by atoms with E-state index in [4.69, 9.17) is 10.5 Å². The maximum absolute atomic E-state index is 5.55. The van der Waals surface area contributed by atoms with Crippen molar-refractivity contribution < 1.29 is 4.74 Å². The Balaban J connectivity index is 1.87. The highest BCUT2D eigenvalue weighted by atomic mass is 16.5. The molecule has 2 rings (SSSR count). The molecular formula is C10H16N4O. The minimum absolute atomic E-state index is 0.318. The predicted molar refractivity (Wildman–Crippen MR) is 58.5 cm³/mol. The highest BCUT2D eigenvalue weighted by Gasteiger charge is 2.23. The van der Waals surface area contributed by atoms with Crippen LogP contribution >= 0.6 is 0 Å². The molecule has 0 aromatic carbocycles. The van der Waals surface area contributed by atoms with Gasteiger partial charge in [0.05, 0.1) is 6.10 Å². The van der Waals surface area contributed by atoms with Crippen LogP contribution in [0.15, 0.2) is 12.3 Å². The highest BCUT2D eigenvalue weighted by molar-refractivity contribution is 5.34. The monoisotopic (exact) mass is 208 g/mol. The molecule has 2 unspecified atom stereocenters. The zero-order valence-corrected chi connectivity index (χ0v) is 8.81. The zero-order chi connectivity index (χ0) is 10.7. The Bertz CT molecular complexity index is 331. The van der Waals surface area contributed by atoms with Crippen LogP contribution in [0.5, 0.6) is 0 Å². The molecule has 2 atom stereocenters. The fraction of sp³-hybridized carbons (Fsp3) is 0.600. The van der Waals surface area contributed by atoms with Crippen molar-refractivity contribution in [1.82, 2.24) is 9.97 Å². The van der Waals surface area contributed by atoms with E-state index in [0.717, 1.165) is 19.6 Å². The predicted octanol–water partition coefficient (Wildman–Crippen LogP) is 0.896. The van der Waals surface area contributed by atoms with E-state index in [0.29, 0.717) is 23.8 Å². The van der Waals surface area contributed by atoms with Gasteiger partial charge in [-0.15, -0.1) is 0 Å². The van der Waals surface area contributed by atoms with Crippen LogP contribution in [0.25, 0.3) is 0 Å². The van der Waals surface area contributed by atoms with Crippen molar-refractivity contribution in [1.29, 1.82) is 0 Å². The molecule has 0 amide bonds. The summed E-state index contributed by atoms with van der Waals surface area (Å²) >= 11 is 0. The lowest BCUT2D eigenvalue weighted by molar-refractivity contribution is 0.108. The summed E-state index contributed by atoms with van der Waals surface area (Å²) in [4.78, 5) is 8.16. The van der Waals surface area contributed by atoms with E-state index in [-0.39, 0.29) is 0 Å². The number of nitrogens with zero attached hydrogens (tertiary/aromatic N) is 2. The van der Waals surface area contributed by atoms with Crippen LogP contribution < -0.4 is 11.1 Å². The van der Waals surface area contributed by atoms with Gasteiger partial charge in [0.2, 0.25) is 5.95 Å². The fourth-order valence-electron chi connectivity index (χ4n) is 1.72. The SMILES string of the molecule is CC1OCCC1CNc1nccc(N)n1. The summed E-state index contributed by atoms with van der Waals surface area (Å²) in [5.41, 5.74) is 5.55. The van der Waals surface area contributed by atoms with Gasteiger partial charge in [0.1, 0.15) is 5.82 Å². The molecule has 0 aliphatic carbocycles. The molecule has 82 valence electrons. The Morgan fingerprint density at radius 2 is 2.53 bits per heavy atom. The lowest BCUT2D eigenvalue weighted by atomic mass is 10.0. The van der Waals surface area contributed by atoms with Crippen molar-refractivity contribution in [2.24, 2.45) is 5.92 Å². The largest absolute Gasteiger partial charge is 0.384 e. The minimum Gasteiger partial charge on any atom is -0.384 e. The van der Waals surface area contributed by atoms with Crippen LogP contribution in [0.4, 0.5) is 11.8 Å². The maximum Gasteiger partial charge on any atom is 0.224 e. The van der Waals surface area contributed by atoms with Crippen LogP contribution in [0.2, 0.25) is 0 Å². The minimum atomic E-state index is 0.318. The quantitative estimate of drug-likeness (QED) is 0.772. The molecule has 0 saturated carbocycles. The molecule has 1 aromatic rings. The van der Waals surface area contributed by atoms with Gasteiger partial charge in [-0.1, -0.05) is 0 Å². The number of nitrogens with one attached hydrogen (secondary N) is 1. The molecule has 0 radical (unpaired) electrons. The summed E-state index contributed by atoms with van der Waals surface area (Å²) in [6, 6.07) is 1.67. The first-order valence-corrected chi connectivity index (χ1v) is 5.19. The zero-order valence-electron chi connectivity index (χ0n) is 8.81. The summed E-state index contributed by atoms with van der Waals surface area (Å²) in [5, 5.41) is 3.18. The van der Waals surface area contributed by atoms with Gasteiger partial charge >= 0.3 is 0 Å². The molecule has 5 nitrogen and oxygen atoms in total. The molecule has 1 aliphatic rings. The van der Waals surface area contributed by atoms with Crippen molar-refractivity contribution in [3.8, 4) is 0 Å². The Kier molecular flexibility index (Phi) is 3.01. The molecule has 2 heterocycles. The molecule has 1 aliphatic heterocycles. The Morgan fingerprint density at radius 1 is 1.67 bits per heavy atom. The lowest BCUT2D eigenvalue weighted by Gasteiger charge is -2.14. The topological polar surface area (TPSA) is 73.1 Å². The van der Waals surface area contributed by atoms with Gasteiger partial charge in [-0.25, -0.2) is 4.98 Å². The first-order valence-electron chi connectivity index (χ1n) is 5.19. The average molecular weight is 208 g/mol. The van der Waals surface area contributed by atoms with Gasteiger partial charge in [-0.05, 0) is 19.4 Å². The smallest absolute Gasteiger partial charge is 0.224 e. The van der Waals surface area contributed by atoms with E-state index >= 15 is 0 Å². The Labute approximate surface area is 89.1 Å². The molecule has 1 aromatic heterocycles. The number of aromatic nitrogens is 2. The van der Waals surface area contributed by atoms with E-state index in [2.05, 4.69) is 22.2 Å². The number of rotatable bonds is 3. The molecule has 0 bridgehead atoms. The van der Waals surface area contributed by atoms with E-state index < -0.39 is 0 Å². The summed E-state index contributed by atoms with van der Waals surface area (Å²) in [7, 11) is 0. The molecular weight excluding hydrogens is 192 g/mol. The normalized spacial score (nSPS) is 25.4. The third-order valence-corrected chi connectivity index (χ3v) is 2.73. The Morgan fingerprint density at radius 3 is 3.20 bits per heavy atom. The van der Waals surface area contributed by atoms with Gasteiger partial charge in [-0.2, -0.15) is 4.98 Å². The summed E-state index contributed by atoms with van der Waals surface area (Å²) < 4.78 is 5.47. The molecule has 0 spiro atoms. The number of anilines is 2. The fourth-order valence-corrected chi connectivity index (χ4v) is 1.72. The molecule has 1 saturated heterocycles. The number of hydrogen-bond donors (Lipinski definition) is 2. The number of hydrogen-bond acceptors (Lipinski definition) is 5. The third kappa shape index (κ3) is 2.56. The van der Waals surface area contributed by atoms with Crippen molar-refractivity contribution >= 4 is 11.8 Å². The van der Waals surface area contributed by atoms with Crippen molar-refractivity contribution in [3.05, 3.63) is 12.3 Å². The lowest BCUT2D eigenvalue weighted by Crippen LogP contribution is -2.21. The van der Waals surface area contributed by atoms with Gasteiger partial charge in [0, 0.05) is 25.3 Å². The highest BCUT2D eigenvalue weighted by Crippen LogP contribution is 2.20. The molecule has 15 heavy (non-hydrogen) atoms. The van der Waals surface area contributed by atoms with Gasteiger partial charge < -0.3 is 15.8 Å². The number of nitrogen functional groups attached to an aromatic ring is 1. The Hall–Kier alpha value is -1.36. The van der Waals surface area contributed by atoms with Crippen molar-refractivity contribution in [2.45, 2.75) is 19.4 Å². The second kappa shape index (κ2) is 4.44. The first kappa shape index (κ1) is 10.2. The van der Waals surface area contributed by atoms with E-state index in [9.17, 15) is 0 Å². The van der Waals surface area contributed by atoms with E-state index in [1.807, 2.05) is 0 Å². The van der Waals surface area contributed by atoms with Crippen LogP contribution in [-0.2, 0) is 4.74 Å². The standard InChI is InChI=1S/C10H16N4O/c1-7-8(3-5-15-7)6-13-10-12-4-2-9(11)14-10/h2,4,7-8H,3,5-6H2,1H3,(H3,11,12,13,14). The molecule has 1 fully saturated rings. The van der Waals surface area contributed by atoms with E-state index in [1.165, 1.54) is 0 Å². The van der Waals surface area contributed by atoms with Crippen molar-refractivity contribution in [3.63, 3.8) is 0 Å². The third-order valence-electron chi connectivity index (χ3n) is 2.73. The van der Waals surface area contributed by atoms with Gasteiger partial charge in [0.25, 0.3) is 0 Å². The second-order valence-electron chi connectivity index (χ2n) is 3.81. The maximum atomic E-state index is 5.55.